The molecule has 5 heteroatoms. The van der Waals surface area contributed by atoms with Gasteiger partial charge in [0.1, 0.15) is 6.54 Å². The van der Waals surface area contributed by atoms with Gasteiger partial charge in [0.05, 0.1) is 12.4 Å². The van der Waals surface area contributed by atoms with E-state index >= 15 is 0 Å². The van der Waals surface area contributed by atoms with Gasteiger partial charge < -0.3 is 9.64 Å². The summed E-state index contributed by atoms with van der Waals surface area (Å²) in [6.07, 6.45) is 0. The first-order valence-electron chi connectivity index (χ1n) is 6.53. The van der Waals surface area contributed by atoms with Crippen LogP contribution in [0, 0.1) is 13.8 Å². The van der Waals surface area contributed by atoms with E-state index in [1.54, 1.807) is 14.0 Å². The van der Waals surface area contributed by atoms with Crippen LogP contribution in [-0.4, -0.2) is 42.7 Å². The minimum Gasteiger partial charge on any atom is -0.465 e. The number of nitrogens with zero attached hydrogens (tertiary/aromatic N) is 1. The van der Waals surface area contributed by atoms with E-state index in [4.69, 9.17) is 4.74 Å². The Morgan fingerprint density at radius 2 is 2.00 bits per heavy atom. The minimum absolute atomic E-state index is 0.0000327. The van der Waals surface area contributed by atoms with Gasteiger partial charge in [-0.3, -0.25) is 9.59 Å². The summed E-state index contributed by atoms with van der Waals surface area (Å²) in [5, 5.41) is 0. The molecule has 1 aromatic carbocycles. The van der Waals surface area contributed by atoms with Crippen LogP contribution in [0.15, 0.2) is 23.1 Å². The van der Waals surface area contributed by atoms with Crippen molar-refractivity contribution in [3.63, 3.8) is 0 Å². The molecule has 4 nitrogen and oxygen atoms in total. The molecule has 1 amide bonds. The van der Waals surface area contributed by atoms with Crippen LogP contribution in [0.5, 0.6) is 0 Å². The minimum atomic E-state index is -0.375. The third-order valence-electron chi connectivity index (χ3n) is 2.79. The number of benzene rings is 1. The van der Waals surface area contributed by atoms with Crippen molar-refractivity contribution in [3.8, 4) is 0 Å². The lowest BCUT2D eigenvalue weighted by Gasteiger charge is -2.16. The highest BCUT2D eigenvalue weighted by molar-refractivity contribution is 8.00. The quantitative estimate of drug-likeness (QED) is 0.597. The van der Waals surface area contributed by atoms with Gasteiger partial charge in [-0.2, -0.15) is 0 Å². The predicted octanol–water partition coefficient (Wildman–Crippen LogP) is 2.42. The maximum Gasteiger partial charge on any atom is 0.325 e. The summed E-state index contributed by atoms with van der Waals surface area (Å²) < 4.78 is 4.82. The number of hydrogen-bond donors (Lipinski definition) is 0. The van der Waals surface area contributed by atoms with Crippen molar-refractivity contribution in [1.29, 1.82) is 0 Å². The molecule has 0 aromatic heterocycles. The number of ether oxygens (including phenoxy) is 1. The smallest absolute Gasteiger partial charge is 0.325 e. The first-order chi connectivity index (χ1) is 9.43. The van der Waals surface area contributed by atoms with Gasteiger partial charge in [-0.15, -0.1) is 11.8 Å². The van der Waals surface area contributed by atoms with Crippen LogP contribution in [0.3, 0.4) is 0 Å². The molecular formula is C15H21NO3S. The Morgan fingerprint density at radius 1 is 1.30 bits per heavy atom. The van der Waals surface area contributed by atoms with E-state index in [9.17, 15) is 9.59 Å². The molecule has 0 heterocycles. The predicted molar refractivity (Wildman–Crippen MR) is 80.9 cm³/mol. The van der Waals surface area contributed by atoms with Gasteiger partial charge in [-0.05, 0) is 32.4 Å². The molecular weight excluding hydrogens is 274 g/mol. The Labute approximate surface area is 124 Å². The lowest BCUT2D eigenvalue weighted by atomic mass is 10.2. The number of aryl methyl sites for hydroxylation is 2. The van der Waals surface area contributed by atoms with Crippen molar-refractivity contribution in [2.75, 3.05) is 26.0 Å². The molecule has 0 spiro atoms. The number of carbonyl (C=O) groups is 2. The molecule has 0 bridgehead atoms. The fraction of sp³-hybridized carbons (Fsp3) is 0.467. The molecule has 110 valence electrons. The number of likely N-dealkylation sites (N-methyl/N-ethyl adjacent to an activating group) is 1. The zero-order valence-electron chi connectivity index (χ0n) is 12.4. The van der Waals surface area contributed by atoms with Gasteiger partial charge in [0.25, 0.3) is 0 Å². The van der Waals surface area contributed by atoms with Crippen molar-refractivity contribution in [3.05, 3.63) is 29.3 Å². The van der Waals surface area contributed by atoms with Crippen LogP contribution < -0.4 is 0 Å². The van der Waals surface area contributed by atoms with E-state index in [2.05, 4.69) is 6.07 Å². The Balaban J connectivity index is 2.50. The summed E-state index contributed by atoms with van der Waals surface area (Å²) in [5.74, 6) is -0.135. The summed E-state index contributed by atoms with van der Waals surface area (Å²) in [5.41, 5.74) is 2.33. The zero-order chi connectivity index (χ0) is 15.1. The maximum absolute atomic E-state index is 11.9. The maximum atomic E-state index is 11.9. The number of hydrogen-bond acceptors (Lipinski definition) is 4. The van der Waals surface area contributed by atoms with Crippen molar-refractivity contribution >= 4 is 23.6 Å². The summed E-state index contributed by atoms with van der Waals surface area (Å²) in [7, 11) is 1.61. The van der Waals surface area contributed by atoms with Crippen molar-refractivity contribution in [2.45, 2.75) is 25.7 Å². The van der Waals surface area contributed by atoms with Gasteiger partial charge in [-0.25, -0.2) is 0 Å². The standard InChI is InChI=1S/C15H21NO3S/c1-5-19-15(18)9-16(4)14(17)10-20-13-8-11(2)6-7-12(13)3/h6-8H,5,9-10H2,1-4H3. The van der Waals surface area contributed by atoms with Gasteiger partial charge in [-0.1, -0.05) is 17.7 Å². The highest BCUT2D eigenvalue weighted by Crippen LogP contribution is 2.23. The first-order valence-corrected chi connectivity index (χ1v) is 7.52. The Bertz CT molecular complexity index is 488. The second-order valence-corrected chi connectivity index (χ2v) is 5.63. The van der Waals surface area contributed by atoms with Crippen molar-refractivity contribution in [1.82, 2.24) is 4.90 Å². The van der Waals surface area contributed by atoms with E-state index in [-0.39, 0.29) is 18.4 Å². The van der Waals surface area contributed by atoms with E-state index in [1.807, 2.05) is 26.0 Å². The third-order valence-corrected chi connectivity index (χ3v) is 3.93. The molecule has 0 fully saturated rings. The van der Waals surface area contributed by atoms with Gasteiger partial charge >= 0.3 is 5.97 Å². The lowest BCUT2D eigenvalue weighted by molar-refractivity contribution is -0.147. The molecule has 1 rings (SSSR count). The molecule has 0 N–H and O–H groups in total. The normalized spacial score (nSPS) is 10.2. The topological polar surface area (TPSA) is 46.6 Å². The molecule has 0 atom stereocenters. The van der Waals surface area contributed by atoms with E-state index in [0.717, 1.165) is 10.5 Å². The Hall–Kier alpha value is -1.49. The van der Waals surface area contributed by atoms with Crippen LogP contribution in [0.4, 0.5) is 0 Å². The van der Waals surface area contributed by atoms with Gasteiger partial charge in [0.15, 0.2) is 0 Å². The van der Waals surface area contributed by atoms with Crippen LogP contribution in [-0.2, 0) is 14.3 Å². The van der Waals surface area contributed by atoms with Crippen molar-refractivity contribution < 1.29 is 14.3 Å². The summed E-state index contributed by atoms with van der Waals surface area (Å²) in [4.78, 5) is 25.8. The molecule has 0 aliphatic heterocycles. The number of rotatable bonds is 6. The molecule has 0 saturated heterocycles. The first kappa shape index (κ1) is 16.6. The average molecular weight is 295 g/mol. The summed E-state index contributed by atoms with van der Waals surface area (Å²) in [6, 6.07) is 6.16. The van der Waals surface area contributed by atoms with Gasteiger partial charge in [0, 0.05) is 11.9 Å². The van der Waals surface area contributed by atoms with Crippen LogP contribution >= 0.6 is 11.8 Å². The molecule has 0 aliphatic carbocycles. The van der Waals surface area contributed by atoms with Crippen molar-refractivity contribution in [2.24, 2.45) is 0 Å². The second kappa shape index (κ2) is 7.94. The van der Waals surface area contributed by atoms with Crippen LogP contribution in [0.25, 0.3) is 0 Å². The second-order valence-electron chi connectivity index (χ2n) is 4.61. The molecule has 0 radical (unpaired) electrons. The number of esters is 1. The Kier molecular flexibility index (Phi) is 6.58. The molecule has 0 aliphatic rings. The SMILES string of the molecule is CCOC(=O)CN(C)C(=O)CSc1cc(C)ccc1C. The number of carbonyl (C=O) groups excluding carboxylic acids is 2. The largest absolute Gasteiger partial charge is 0.465 e. The third kappa shape index (κ3) is 5.25. The van der Waals surface area contributed by atoms with Crippen LogP contribution in [0.1, 0.15) is 18.1 Å². The van der Waals surface area contributed by atoms with E-state index < -0.39 is 0 Å². The van der Waals surface area contributed by atoms with Crippen LogP contribution in [0.2, 0.25) is 0 Å². The lowest BCUT2D eigenvalue weighted by Crippen LogP contribution is -2.34. The molecule has 0 saturated carbocycles. The summed E-state index contributed by atoms with van der Waals surface area (Å²) >= 11 is 1.49. The highest BCUT2D eigenvalue weighted by atomic mass is 32.2. The fourth-order valence-electron chi connectivity index (χ4n) is 1.60. The number of amides is 1. The molecule has 20 heavy (non-hydrogen) atoms. The average Bonchev–Trinajstić information content (AvgIpc) is 2.39. The monoisotopic (exact) mass is 295 g/mol. The molecule has 1 aromatic rings. The highest BCUT2D eigenvalue weighted by Gasteiger charge is 2.14. The van der Waals surface area contributed by atoms with Gasteiger partial charge in [0.2, 0.25) is 5.91 Å². The van der Waals surface area contributed by atoms with E-state index in [1.165, 1.54) is 22.2 Å². The zero-order valence-corrected chi connectivity index (χ0v) is 13.3. The molecule has 0 unspecified atom stereocenters. The summed E-state index contributed by atoms with van der Waals surface area (Å²) in [6.45, 7) is 6.13. The fourth-order valence-corrected chi connectivity index (χ4v) is 2.67. The Morgan fingerprint density at radius 3 is 2.65 bits per heavy atom. The number of thioether (sulfide) groups is 1. The van der Waals surface area contributed by atoms with E-state index in [0.29, 0.717) is 12.4 Å².